The van der Waals surface area contributed by atoms with Crippen LogP contribution in [0.25, 0.3) is 0 Å². The Hall–Kier alpha value is -1.05. The Labute approximate surface area is 106 Å². The Morgan fingerprint density at radius 2 is 1.71 bits per heavy atom. The first-order valence-corrected chi connectivity index (χ1v) is 6.72. The van der Waals surface area contributed by atoms with Crippen LogP contribution in [0, 0.1) is 0 Å². The fraction of sp³-hybridized carbons (Fsp3) is 0.667. The highest BCUT2D eigenvalue weighted by Gasteiger charge is 2.05. The van der Waals surface area contributed by atoms with Crippen molar-refractivity contribution >= 4 is 5.97 Å². The lowest BCUT2D eigenvalue weighted by molar-refractivity contribution is -0.138. The molecule has 0 aromatic carbocycles. The van der Waals surface area contributed by atoms with Gasteiger partial charge in [-0.3, -0.25) is 0 Å². The summed E-state index contributed by atoms with van der Waals surface area (Å²) in [5.74, 6) is -0.209. The number of allylic oxidation sites excluding steroid dienone is 2. The van der Waals surface area contributed by atoms with Gasteiger partial charge in [-0.2, -0.15) is 0 Å². The van der Waals surface area contributed by atoms with Crippen LogP contribution >= 0.6 is 0 Å². The SMILES string of the molecule is CC=CC(=CC)C(=O)OCCCCCCCC. The van der Waals surface area contributed by atoms with Crippen LogP contribution in [0.4, 0.5) is 0 Å². The molecule has 0 aliphatic rings. The van der Waals surface area contributed by atoms with Crippen molar-refractivity contribution in [3.05, 3.63) is 23.8 Å². The normalized spacial score (nSPS) is 12.1. The molecule has 0 fully saturated rings. The molecular weight excluding hydrogens is 212 g/mol. The first kappa shape index (κ1) is 16.0. The largest absolute Gasteiger partial charge is 0.462 e. The van der Waals surface area contributed by atoms with Gasteiger partial charge in [-0.25, -0.2) is 4.79 Å². The van der Waals surface area contributed by atoms with E-state index in [4.69, 9.17) is 4.74 Å². The predicted molar refractivity (Wildman–Crippen MR) is 72.9 cm³/mol. The minimum atomic E-state index is -0.209. The molecule has 0 spiro atoms. The Bertz CT molecular complexity index is 252. The summed E-state index contributed by atoms with van der Waals surface area (Å²) < 4.78 is 5.20. The van der Waals surface area contributed by atoms with Gasteiger partial charge in [0.2, 0.25) is 0 Å². The Morgan fingerprint density at radius 1 is 1.06 bits per heavy atom. The molecule has 0 unspecified atom stereocenters. The maximum Gasteiger partial charge on any atom is 0.337 e. The molecule has 0 aliphatic carbocycles. The molecule has 0 radical (unpaired) electrons. The lowest BCUT2D eigenvalue weighted by Crippen LogP contribution is -2.07. The average molecular weight is 238 g/mol. The molecule has 0 saturated heterocycles. The summed E-state index contributed by atoms with van der Waals surface area (Å²) >= 11 is 0. The second-order valence-electron chi connectivity index (χ2n) is 4.15. The molecule has 0 saturated carbocycles. The van der Waals surface area contributed by atoms with Gasteiger partial charge in [0, 0.05) is 0 Å². The Morgan fingerprint density at radius 3 is 2.29 bits per heavy atom. The van der Waals surface area contributed by atoms with Crippen LogP contribution in [0.1, 0.15) is 59.3 Å². The molecule has 0 rings (SSSR count). The highest BCUT2D eigenvalue weighted by atomic mass is 16.5. The molecule has 0 aromatic heterocycles. The van der Waals surface area contributed by atoms with E-state index in [1.165, 1.54) is 25.7 Å². The third kappa shape index (κ3) is 8.73. The standard InChI is InChI=1S/C15H26O2/c1-4-7-8-9-10-11-13-17-15(16)14(6-3)12-5-2/h5-6,12H,4,7-11,13H2,1-3H3. The summed E-state index contributed by atoms with van der Waals surface area (Å²) in [6, 6.07) is 0. The van der Waals surface area contributed by atoms with Crippen molar-refractivity contribution in [2.45, 2.75) is 59.3 Å². The van der Waals surface area contributed by atoms with Crippen LogP contribution in [0.3, 0.4) is 0 Å². The van der Waals surface area contributed by atoms with E-state index in [0.29, 0.717) is 12.2 Å². The maximum absolute atomic E-state index is 11.6. The predicted octanol–water partition coefficient (Wildman–Crippen LogP) is 4.41. The van der Waals surface area contributed by atoms with Gasteiger partial charge in [-0.05, 0) is 20.3 Å². The third-order valence-corrected chi connectivity index (χ3v) is 2.62. The Kier molecular flexibility index (Phi) is 10.7. The van der Waals surface area contributed by atoms with Crippen molar-refractivity contribution in [1.29, 1.82) is 0 Å². The highest BCUT2D eigenvalue weighted by Crippen LogP contribution is 2.06. The van der Waals surface area contributed by atoms with Crippen LogP contribution in [0.5, 0.6) is 0 Å². The zero-order valence-corrected chi connectivity index (χ0v) is 11.5. The quantitative estimate of drug-likeness (QED) is 0.257. The molecule has 0 N–H and O–H groups in total. The third-order valence-electron chi connectivity index (χ3n) is 2.62. The summed E-state index contributed by atoms with van der Waals surface area (Å²) in [4.78, 5) is 11.6. The van der Waals surface area contributed by atoms with E-state index >= 15 is 0 Å². The monoisotopic (exact) mass is 238 g/mol. The fourth-order valence-corrected chi connectivity index (χ4v) is 1.59. The number of rotatable bonds is 9. The molecule has 17 heavy (non-hydrogen) atoms. The van der Waals surface area contributed by atoms with Gasteiger partial charge in [0.1, 0.15) is 0 Å². The van der Waals surface area contributed by atoms with E-state index in [1.54, 1.807) is 12.2 Å². The Balaban J connectivity index is 3.57. The van der Waals surface area contributed by atoms with Crippen LogP contribution < -0.4 is 0 Å². The van der Waals surface area contributed by atoms with E-state index in [1.807, 2.05) is 19.9 Å². The lowest BCUT2D eigenvalue weighted by atomic mass is 10.1. The first-order chi connectivity index (χ1) is 8.26. The zero-order chi connectivity index (χ0) is 12.9. The summed E-state index contributed by atoms with van der Waals surface area (Å²) in [6.07, 6.45) is 12.7. The summed E-state index contributed by atoms with van der Waals surface area (Å²) in [6.45, 7) is 6.49. The number of carbonyl (C=O) groups excluding carboxylic acids is 1. The number of esters is 1. The van der Waals surface area contributed by atoms with E-state index in [0.717, 1.165) is 12.8 Å². The summed E-state index contributed by atoms with van der Waals surface area (Å²) in [7, 11) is 0. The molecular formula is C15H26O2. The smallest absolute Gasteiger partial charge is 0.337 e. The van der Waals surface area contributed by atoms with Crippen LogP contribution in [-0.2, 0) is 9.53 Å². The van der Waals surface area contributed by atoms with Gasteiger partial charge in [0.05, 0.1) is 12.2 Å². The van der Waals surface area contributed by atoms with Gasteiger partial charge in [-0.15, -0.1) is 0 Å². The van der Waals surface area contributed by atoms with Crippen molar-refractivity contribution in [3.8, 4) is 0 Å². The molecule has 0 aromatic rings. The molecule has 2 heteroatoms. The molecule has 0 atom stereocenters. The summed E-state index contributed by atoms with van der Waals surface area (Å²) in [5, 5.41) is 0. The van der Waals surface area contributed by atoms with Gasteiger partial charge < -0.3 is 4.74 Å². The highest BCUT2D eigenvalue weighted by molar-refractivity contribution is 5.91. The number of unbranched alkanes of at least 4 members (excludes halogenated alkanes) is 5. The van der Waals surface area contributed by atoms with Crippen molar-refractivity contribution in [1.82, 2.24) is 0 Å². The van der Waals surface area contributed by atoms with Gasteiger partial charge in [-0.1, -0.05) is 57.3 Å². The number of carbonyl (C=O) groups is 1. The fourth-order valence-electron chi connectivity index (χ4n) is 1.59. The number of hydrogen-bond donors (Lipinski definition) is 0. The van der Waals surface area contributed by atoms with Gasteiger partial charge in [0.25, 0.3) is 0 Å². The molecule has 0 amide bonds. The maximum atomic E-state index is 11.6. The number of hydrogen-bond acceptors (Lipinski definition) is 2. The van der Waals surface area contributed by atoms with Crippen LogP contribution in [0.2, 0.25) is 0 Å². The lowest BCUT2D eigenvalue weighted by Gasteiger charge is -2.05. The molecule has 98 valence electrons. The van der Waals surface area contributed by atoms with Gasteiger partial charge in [0.15, 0.2) is 0 Å². The average Bonchev–Trinajstić information content (AvgIpc) is 2.34. The number of ether oxygens (including phenoxy) is 1. The van der Waals surface area contributed by atoms with Crippen molar-refractivity contribution < 1.29 is 9.53 Å². The van der Waals surface area contributed by atoms with Crippen molar-refractivity contribution in [2.24, 2.45) is 0 Å². The molecule has 0 heterocycles. The second-order valence-corrected chi connectivity index (χ2v) is 4.15. The van der Waals surface area contributed by atoms with Crippen molar-refractivity contribution in [3.63, 3.8) is 0 Å². The van der Waals surface area contributed by atoms with E-state index in [9.17, 15) is 4.79 Å². The summed E-state index contributed by atoms with van der Waals surface area (Å²) in [5.41, 5.74) is 0.637. The minimum absolute atomic E-state index is 0.209. The topological polar surface area (TPSA) is 26.3 Å². The van der Waals surface area contributed by atoms with Crippen molar-refractivity contribution in [2.75, 3.05) is 6.61 Å². The van der Waals surface area contributed by atoms with E-state index < -0.39 is 0 Å². The molecule has 2 nitrogen and oxygen atoms in total. The van der Waals surface area contributed by atoms with Crippen LogP contribution in [0.15, 0.2) is 23.8 Å². The second kappa shape index (κ2) is 11.4. The first-order valence-electron chi connectivity index (χ1n) is 6.72. The van der Waals surface area contributed by atoms with Gasteiger partial charge >= 0.3 is 5.97 Å². The molecule has 0 aliphatic heterocycles. The molecule has 0 bridgehead atoms. The van der Waals surface area contributed by atoms with E-state index in [-0.39, 0.29) is 5.97 Å². The van der Waals surface area contributed by atoms with E-state index in [2.05, 4.69) is 6.92 Å². The zero-order valence-electron chi connectivity index (χ0n) is 11.5. The minimum Gasteiger partial charge on any atom is -0.462 e. The van der Waals surface area contributed by atoms with Crippen LogP contribution in [-0.4, -0.2) is 12.6 Å².